The van der Waals surface area contributed by atoms with Gasteiger partial charge in [0, 0.05) is 11.9 Å². The highest BCUT2D eigenvalue weighted by Crippen LogP contribution is 2.32. The Morgan fingerprint density at radius 2 is 1.87 bits per heavy atom. The van der Waals surface area contributed by atoms with Gasteiger partial charge in [0.15, 0.2) is 12.4 Å². The van der Waals surface area contributed by atoms with E-state index in [0.29, 0.717) is 23.5 Å². The summed E-state index contributed by atoms with van der Waals surface area (Å²) in [5.41, 5.74) is -0.284. The summed E-state index contributed by atoms with van der Waals surface area (Å²) in [6.07, 6.45) is -4.12. The molecule has 12 heteroatoms. The van der Waals surface area contributed by atoms with Crippen LogP contribution < -0.4 is 5.32 Å². The van der Waals surface area contributed by atoms with Gasteiger partial charge in [-0.2, -0.15) is 13.2 Å². The van der Waals surface area contributed by atoms with Crippen molar-refractivity contribution in [3.8, 4) is 0 Å². The third kappa shape index (κ3) is 5.29. The van der Waals surface area contributed by atoms with Gasteiger partial charge < -0.3 is 19.8 Å². The zero-order chi connectivity index (χ0) is 22.6. The molecule has 0 bridgehead atoms. The summed E-state index contributed by atoms with van der Waals surface area (Å²) in [6, 6.07) is 0.611. The number of pyridine rings is 1. The normalized spacial score (nSPS) is 11.2. The van der Waals surface area contributed by atoms with Crippen LogP contribution in [0.25, 0.3) is 0 Å². The highest BCUT2D eigenvalue weighted by molar-refractivity contribution is 6.33. The van der Waals surface area contributed by atoms with Crippen LogP contribution in [0.2, 0.25) is 5.02 Å². The first kappa shape index (κ1) is 23.2. The van der Waals surface area contributed by atoms with E-state index in [-0.39, 0.29) is 23.7 Å². The van der Waals surface area contributed by atoms with Crippen molar-refractivity contribution >= 4 is 35.3 Å². The average Bonchev–Trinajstić information content (AvgIpc) is 2.95. The number of halogens is 4. The Morgan fingerprint density at radius 3 is 2.43 bits per heavy atom. The zero-order valence-electron chi connectivity index (χ0n) is 16.1. The fourth-order valence-corrected chi connectivity index (χ4v) is 2.73. The summed E-state index contributed by atoms with van der Waals surface area (Å²) < 4.78 is 47.7. The van der Waals surface area contributed by atoms with Crippen molar-refractivity contribution in [1.82, 2.24) is 9.97 Å². The van der Waals surface area contributed by atoms with Crippen LogP contribution in [0.1, 0.15) is 44.6 Å². The number of aromatic nitrogens is 2. The van der Waals surface area contributed by atoms with E-state index in [1.807, 2.05) is 0 Å². The van der Waals surface area contributed by atoms with Crippen LogP contribution in [0, 0.1) is 13.8 Å². The van der Waals surface area contributed by atoms with Gasteiger partial charge in [-0.25, -0.2) is 14.6 Å². The predicted molar refractivity (Wildman–Crippen MR) is 99.4 cm³/mol. The van der Waals surface area contributed by atoms with Crippen molar-refractivity contribution in [2.75, 3.05) is 18.5 Å². The van der Waals surface area contributed by atoms with Crippen LogP contribution in [0.5, 0.6) is 0 Å². The number of carbonyl (C=O) groups is 3. The molecule has 162 valence electrons. The molecule has 0 aliphatic heterocycles. The minimum absolute atomic E-state index is 0.0662. The van der Waals surface area contributed by atoms with Gasteiger partial charge in [0.1, 0.15) is 5.69 Å². The number of carbonyl (C=O) groups excluding carboxylic acids is 3. The molecule has 0 aliphatic rings. The van der Waals surface area contributed by atoms with Crippen molar-refractivity contribution < 1.29 is 37.0 Å². The lowest BCUT2D eigenvalue weighted by atomic mass is 10.1. The van der Waals surface area contributed by atoms with E-state index in [4.69, 9.17) is 21.1 Å². The number of ether oxygens (including phenoxy) is 2. The molecular weight excluding hydrogens is 431 g/mol. The Morgan fingerprint density at radius 1 is 1.20 bits per heavy atom. The second-order valence-electron chi connectivity index (χ2n) is 6.02. The smallest absolute Gasteiger partial charge is 0.417 e. The number of anilines is 1. The molecule has 30 heavy (non-hydrogen) atoms. The van der Waals surface area contributed by atoms with Crippen LogP contribution in [0.3, 0.4) is 0 Å². The maximum atomic E-state index is 12.6. The molecule has 0 saturated carbocycles. The molecule has 0 radical (unpaired) electrons. The molecule has 2 heterocycles. The second-order valence-corrected chi connectivity index (χ2v) is 6.43. The summed E-state index contributed by atoms with van der Waals surface area (Å²) in [6.45, 7) is 4.08. The van der Waals surface area contributed by atoms with E-state index < -0.39 is 41.2 Å². The van der Waals surface area contributed by atoms with E-state index in [1.165, 1.54) is 13.8 Å². The third-order valence-electron chi connectivity index (χ3n) is 3.88. The van der Waals surface area contributed by atoms with Crippen LogP contribution in [0.4, 0.5) is 19.0 Å². The van der Waals surface area contributed by atoms with Crippen LogP contribution >= 0.6 is 11.6 Å². The van der Waals surface area contributed by atoms with E-state index in [0.717, 1.165) is 0 Å². The molecule has 2 aromatic heterocycles. The number of hydrogen-bond donors (Lipinski definition) is 2. The summed E-state index contributed by atoms with van der Waals surface area (Å²) in [4.78, 5) is 42.4. The van der Waals surface area contributed by atoms with Crippen LogP contribution in [-0.2, 0) is 20.4 Å². The second kappa shape index (κ2) is 9.16. The highest BCUT2D eigenvalue weighted by atomic mass is 35.5. The number of nitrogens with zero attached hydrogens (tertiary/aromatic N) is 1. The Bertz CT molecular complexity index is 988. The molecule has 8 nitrogen and oxygen atoms in total. The number of rotatable bonds is 6. The van der Waals surface area contributed by atoms with Gasteiger partial charge in [-0.05, 0) is 32.4 Å². The number of hydrogen-bond acceptors (Lipinski definition) is 6. The monoisotopic (exact) mass is 447 g/mol. The van der Waals surface area contributed by atoms with Crippen molar-refractivity contribution in [3.05, 3.63) is 45.4 Å². The first-order chi connectivity index (χ1) is 14.0. The molecule has 0 unspecified atom stereocenters. The minimum Gasteiger partial charge on any atom is -0.461 e. The molecular formula is C18H17ClF3N3O5. The van der Waals surface area contributed by atoms with Gasteiger partial charge in [-0.15, -0.1) is 0 Å². The largest absolute Gasteiger partial charge is 0.461 e. The average molecular weight is 448 g/mol. The Labute approximate surface area is 173 Å². The van der Waals surface area contributed by atoms with Crippen LogP contribution in [0.15, 0.2) is 12.3 Å². The summed E-state index contributed by atoms with van der Waals surface area (Å²) in [7, 11) is 0. The third-order valence-corrected chi connectivity index (χ3v) is 4.17. The number of esters is 2. The van der Waals surface area contributed by atoms with E-state index in [2.05, 4.69) is 15.3 Å². The Kier molecular flexibility index (Phi) is 7.08. The SMILES string of the molecule is CCOC(=O)c1[nH]c(C)c(C(=O)OCC(=O)Nc2ncc(C(F)(F)F)cc2Cl)c1C. The quantitative estimate of drug-likeness (QED) is 0.654. The number of H-pyrrole nitrogens is 1. The van der Waals surface area contributed by atoms with Crippen LogP contribution in [-0.4, -0.2) is 41.0 Å². The summed E-state index contributed by atoms with van der Waals surface area (Å²) in [5.74, 6) is -2.70. The van der Waals surface area contributed by atoms with Crippen molar-refractivity contribution in [1.29, 1.82) is 0 Å². The Hall–Kier alpha value is -3.08. The van der Waals surface area contributed by atoms with E-state index in [9.17, 15) is 27.6 Å². The molecule has 0 aliphatic carbocycles. The molecule has 0 atom stereocenters. The molecule has 0 fully saturated rings. The number of alkyl halides is 3. The molecule has 2 N–H and O–H groups in total. The molecule has 1 amide bonds. The highest BCUT2D eigenvalue weighted by Gasteiger charge is 2.32. The maximum absolute atomic E-state index is 12.6. The molecule has 0 saturated heterocycles. The lowest BCUT2D eigenvalue weighted by Gasteiger charge is -2.10. The molecule has 2 rings (SSSR count). The van der Waals surface area contributed by atoms with E-state index >= 15 is 0 Å². The minimum atomic E-state index is -4.64. The van der Waals surface area contributed by atoms with E-state index in [1.54, 1.807) is 6.92 Å². The summed E-state index contributed by atoms with van der Waals surface area (Å²) in [5, 5.41) is 1.73. The van der Waals surface area contributed by atoms with Gasteiger partial charge >= 0.3 is 18.1 Å². The van der Waals surface area contributed by atoms with Gasteiger partial charge in [0.05, 0.1) is 22.8 Å². The van der Waals surface area contributed by atoms with Crippen molar-refractivity contribution in [2.45, 2.75) is 26.9 Å². The van der Waals surface area contributed by atoms with Gasteiger partial charge in [-0.1, -0.05) is 11.6 Å². The molecule has 0 aromatic carbocycles. The zero-order valence-corrected chi connectivity index (χ0v) is 16.8. The predicted octanol–water partition coefficient (Wildman–Crippen LogP) is 3.67. The van der Waals surface area contributed by atoms with Crippen molar-refractivity contribution in [2.24, 2.45) is 0 Å². The fourth-order valence-electron chi connectivity index (χ4n) is 2.52. The standard InChI is InChI=1S/C18H17ClF3N3O5/c1-4-29-17(28)14-8(2)13(9(3)24-14)16(27)30-7-12(26)25-15-11(19)5-10(6-23-15)18(20,21)22/h5-6,24H,4,7H2,1-3H3,(H,23,25,26). The van der Waals surface area contributed by atoms with Crippen molar-refractivity contribution in [3.63, 3.8) is 0 Å². The summed E-state index contributed by atoms with van der Waals surface area (Å²) >= 11 is 5.70. The molecule has 2 aromatic rings. The lowest BCUT2D eigenvalue weighted by Crippen LogP contribution is -2.22. The number of aryl methyl sites for hydroxylation is 1. The van der Waals surface area contributed by atoms with Gasteiger partial charge in [0.2, 0.25) is 0 Å². The Balaban J connectivity index is 2.04. The number of amides is 1. The lowest BCUT2D eigenvalue weighted by molar-refractivity contribution is -0.137. The molecule has 0 spiro atoms. The maximum Gasteiger partial charge on any atom is 0.417 e. The van der Waals surface area contributed by atoms with Gasteiger partial charge in [0.25, 0.3) is 5.91 Å². The number of nitrogens with one attached hydrogen (secondary N) is 2. The number of aromatic amines is 1. The first-order valence-corrected chi connectivity index (χ1v) is 8.89. The topological polar surface area (TPSA) is 110 Å². The fraction of sp³-hybridized carbons (Fsp3) is 0.333. The van der Waals surface area contributed by atoms with Gasteiger partial charge in [-0.3, -0.25) is 4.79 Å². The first-order valence-electron chi connectivity index (χ1n) is 8.51.